The maximum Gasteiger partial charge on any atom is 0.275 e. The van der Waals surface area contributed by atoms with Crippen molar-refractivity contribution in [3.63, 3.8) is 0 Å². The SMILES string of the molecule is Cc1cc(C#N)cc(N(C2CC2)S(=O)(=O)c2cccs2)n1. The largest absolute Gasteiger partial charge is 0.275 e. The molecule has 1 saturated carbocycles. The van der Waals surface area contributed by atoms with Crippen LogP contribution in [-0.2, 0) is 10.0 Å². The zero-order chi connectivity index (χ0) is 15.0. The second kappa shape index (κ2) is 5.13. The van der Waals surface area contributed by atoms with Crippen molar-refractivity contribution < 1.29 is 8.42 Å². The predicted octanol–water partition coefficient (Wildman–Crippen LogP) is 2.68. The van der Waals surface area contributed by atoms with E-state index in [-0.39, 0.29) is 6.04 Å². The van der Waals surface area contributed by atoms with Crippen LogP contribution in [0.2, 0.25) is 0 Å². The molecule has 1 aliphatic rings. The number of rotatable bonds is 4. The summed E-state index contributed by atoms with van der Waals surface area (Å²) in [7, 11) is -3.61. The second-order valence-corrected chi connectivity index (χ2v) is 7.92. The van der Waals surface area contributed by atoms with Gasteiger partial charge in [0.2, 0.25) is 0 Å². The van der Waals surface area contributed by atoms with Crippen LogP contribution in [0.5, 0.6) is 0 Å². The fourth-order valence-electron chi connectivity index (χ4n) is 2.15. The lowest BCUT2D eigenvalue weighted by atomic mass is 10.2. The first-order valence-corrected chi connectivity index (χ1v) is 8.81. The number of nitrogens with zero attached hydrogens (tertiary/aromatic N) is 3. The van der Waals surface area contributed by atoms with Gasteiger partial charge in [0.25, 0.3) is 10.0 Å². The van der Waals surface area contributed by atoms with Gasteiger partial charge in [-0.3, -0.25) is 0 Å². The number of thiophene rings is 1. The number of aryl methyl sites for hydroxylation is 1. The fourth-order valence-corrected chi connectivity index (χ4v) is 4.88. The summed E-state index contributed by atoms with van der Waals surface area (Å²) in [5.41, 5.74) is 1.06. The van der Waals surface area contributed by atoms with Crippen molar-refractivity contribution in [2.45, 2.75) is 30.0 Å². The van der Waals surface area contributed by atoms with Gasteiger partial charge >= 0.3 is 0 Å². The predicted molar refractivity (Wildman–Crippen MR) is 80.7 cm³/mol. The lowest BCUT2D eigenvalue weighted by Gasteiger charge is -2.22. The minimum Gasteiger partial charge on any atom is -0.246 e. The average Bonchev–Trinajstić information content (AvgIpc) is 3.08. The Hall–Kier alpha value is -1.91. The summed E-state index contributed by atoms with van der Waals surface area (Å²) in [4.78, 5) is 4.32. The van der Waals surface area contributed by atoms with Crippen molar-refractivity contribution in [3.8, 4) is 6.07 Å². The summed E-state index contributed by atoms with van der Waals surface area (Å²) in [5, 5.41) is 10.8. The minimum absolute atomic E-state index is 0.0575. The van der Waals surface area contributed by atoms with E-state index in [1.165, 1.54) is 21.7 Å². The second-order valence-electron chi connectivity index (χ2n) is 4.93. The Labute approximate surface area is 127 Å². The molecule has 1 aliphatic carbocycles. The summed E-state index contributed by atoms with van der Waals surface area (Å²) < 4.78 is 27.3. The summed E-state index contributed by atoms with van der Waals surface area (Å²) in [6.45, 7) is 1.76. The van der Waals surface area contributed by atoms with Crippen LogP contribution in [0, 0.1) is 18.3 Å². The maximum atomic E-state index is 12.8. The van der Waals surface area contributed by atoms with E-state index in [4.69, 9.17) is 5.26 Å². The Kier molecular flexibility index (Phi) is 3.43. The van der Waals surface area contributed by atoms with E-state index < -0.39 is 10.0 Å². The highest BCUT2D eigenvalue weighted by molar-refractivity contribution is 7.94. The number of nitriles is 1. The quantitative estimate of drug-likeness (QED) is 0.868. The molecule has 1 fully saturated rings. The third-order valence-corrected chi connectivity index (χ3v) is 6.41. The minimum atomic E-state index is -3.61. The van der Waals surface area contributed by atoms with Crippen LogP contribution in [-0.4, -0.2) is 19.4 Å². The van der Waals surface area contributed by atoms with Gasteiger partial charge in [-0.25, -0.2) is 17.7 Å². The Bertz CT molecular complexity index is 803. The standard InChI is InChI=1S/C14H13N3O2S2/c1-10-7-11(9-15)8-13(16-10)17(12-4-5-12)21(18,19)14-3-2-6-20-14/h2-3,6-8,12H,4-5H2,1H3. The zero-order valence-corrected chi connectivity index (χ0v) is 13.0. The van der Waals surface area contributed by atoms with Gasteiger partial charge in [-0.15, -0.1) is 11.3 Å². The molecule has 2 heterocycles. The number of pyridine rings is 1. The molecule has 21 heavy (non-hydrogen) atoms. The molecule has 0 unspecified atom stereocenters. The van der Waals surface area contributed by atoms with Gasteiger partial charge in [-0.2, -0.15) is 5.26 Å². The van der Waals surface area contributed by atoms with E-state index in [1.807, 2.05) is 6.07 Å². The molecule has 0 aliphatic heterocycles. The molecule has 3 rings (SSSR count). The van der Waals surface area contributed by atoms with Crippen LogP contribution in [0.4, 0.5) is 5.82 Å². The first-order chi connectivity index (χ1) is 10.0. The number of anilines is 1. The van der Waals surface area contributed by atoms with Crippen molar-refractivity contribution in [1.29, 1.82) is 5.26 Å². The molecule has 0 bridgehead atoms. The Morgan fingerprint density at radius 1 is 1.43 bits per heavy atom. The van der Waals surface area contributed by atoms with Crippen LogP contribution < -0.4 is 4.31 Å². The highest BCUT2D eigenvalue weighted by Gasteiger charge is 2.39. The number of sulfonamides is 1. The van der Waals surface area contributed by atoms with Crippen molar-refractivity contribution >= 4 is 27.2 Å². The summed E-state index contributed by atoms with van der Waals surface area (Å²) in [6.07, 6.45) is 1.64. The Balaban J connectivity index is 2.12. The molecule has 0 atom stereocenters. The molecule has 2 aromatic rings. The van der Waals surface area contributed by atoms with E-state index >= 15 is 0 Å². The van der Waals surface area contributed by atoms with Gasteiger partial charge < -0.3 is 0 Å². The molecule has 0 amide bonds. The lowest BCUT2D eigenvalue weighted by molar-refractivity contribution is 0.591. The van der Waals surface area contributed by atoms with Crippen LogP contribution in [0.15, 0.2) is 33.9 Å². The molecule has 0 saturated heterocycles. The molecule has 0 radical (unpaired) electrons. The van der Waals surface area contributed by atoms with Crippen molar-refractivity contribution in [2.24, 2.45) is 0 Å². The molecule has 0 spiro atoms. The zero-order valence-electron chi connectivity index (χ0n) is 11.4. The van der Waals surface area contributed by atoms with Gasteiger partial charge in [0.15, 0.2) is 0 Å². The summed E-state index contributed by atoms with van der Waals surface area (Å²) in [5.74, 6) is 0.336. The smallest absolute Gasteiger partial charge is 0.246 e. The van der Waals surface area contributed by atoms with Crippen LogP contribution in [0.3, 0.4) is 0 Å². The molecule has 0 N–H and O–H groups in total. The average molecular weight is 319 g/mol. The van der Waals surface area contributed by atoms with Gasteiger partial charge in [0, 0.05) is 11.7 Å². The van der Waals surface area contributed by atoms with E-state index in [0.717, 1.165) is 12.8 Å². The monoisotopic (exact) mass is 319 g/mol. The van der Waals surface area contributed by atoms with Crippen molar-refractivity contribution in [3.05, 3.63) is 40.9 Å². The molecule has 2 aromatic heterocycles. The molecule has 0 aromatic carbocycles. The van der Waals surface area contributed by atoms with Crippen LogP contribution in [0.1, 0.15) is 24.1 Å². The van der Waals surface area contributed by atoms with E-state index in [0.29, 0.717) is 21.3 Å². The third-order valence-electron chi connectivity index (χ3n) is 3.18. The van der Waals surface area contributed by atoms with Crippen molar-refractivity contribution in [2.75, 3.05) is 4.31 Å². The van der Waals surface area contributed by atoms with E-state index in [2.05, 4.69) is 4.98 Å². The fraction of sp³-hybridized carbons (Fsp3) is 0.286. The maximum absolute atomic E-state index is 12.8. The number of hydrogen-bond donors (Lipinski definition) is 0. The third kappa shape index (κ3) is 2.64. The topological polar surface area (TPSA) is 74.1 Å². The van der Waals surface area contributed by atoms with Gasteiger partial charge in [0.1, 0.15) is 10.0 Å². The molecular formula is C14H13N3O2S2. The van der Waals surface area contributed by atoms with E-state index in [1.54, 1.807) is 30.5 Å². The van der Waals surface area contributed by atoms with Crippen LogP contribution in [0.25, 0.3) is 0 Å². The highest BCUT2D eigenvalue weighted by Crippen LogP contribution is 2.37. The molecule has 5 nitrogen and oxygen atoms in total. The normalized spacial score (nSPS) is 14.7. The first-order valence-electron chi connectivity index (χ1n) is 6.49. The molecular weight excluding hydrogens is 306 g/mol. The lowest BCUT2D eigenvalue weighted by Crippen LogP contribution is -2.33. The number of aromatic nitrogens is 1. The van der Waals surface area contributed by atoms with Gasteiger partial charge in [-0.1, -0.05) is 6.07 Å². The van der Waals surface area contributed by atoms with Gasteiger partial charge in [-0.05, 0) is 43.3 Å². The Morgan fingerprint density at radius 2 is 2.19 bits per heavy atom. The van der Waals surface area contributed by atoms with Crippen LogP contribution >= 0.6 is 11.3 Å². The molecule has 7 heteroatoms. The van der Waals surface area contributed by atoms with Gasteiger partial charge in [0.05, 0.1) is 11.6 Å². The van der Waals surface area contributed by atoms with E-state index in [9.17, 15) is 8.42 Å². The summed E-state index contributed by atoms with van der Waals surface area (Å²) in [6, 6.07) is 8.48. The summed E-state index contributed by atoms with van der Waals surface area (Å²) >= 11 is 1.19. The first kappa shape index (κ1) is 14.0. The highest BCUT2D eigenvalue weighted by atomic mass is 32.2. The van der Waals surface area contributed by atoms with Crippen molar-refractivity contribution in [1.82, 2.24) is 4.98 Å². The number of hydrogen-bond acceptors (Lipinski definition) is 5. The Morgan fingerprint density at radius 3 is 2.76 bits per heavy atom. The molecule has 108 valence electrons.